The van der Waals surface area contributed by atoms with Gasteiger partial charge in [0.15, 0.2) is 5.96 Å². The summed E-state index contributed by atoms with van der Waals surface area (Å²) in [5.41, 5.74) is 1.13. The van der Waals surface area contributed by atoms with Crippen molar-refractivity contribution in [1.29, 1.82) is 0 Å². The topological polar surface area (TPSA) is 39.7 Å². The highest BCUT2D eigenvalue weighted by Gasteiger charge is 2.28. The van der Waals surface area contributed by atoms with E-state index in [1.807, 2.05) is 30.3 Å². The standard InChI is InChI=1S/C15H23F3N4.HI/c1-19-14(21-11-13-7-4-3-5-8-13)20-9-6-10-22(2)12-15(16,17)18;/h3-5,7-8H,6,9-12H2,1-2H3,(H2,19,20,21);1H. The average molecular weight is 444 g/mol. The molecule has 0 spiro atoms. The number of hydrogen-bond donors (Lipinski definition) is 2. The van der Waals surface area contributed by atoms with Crippen molar-refractivity contribution in [2.75, 3.05) is 33.7 Å². The molecule has 0 aromatic heterocycles. The van der Waals surface area contributed by atoms with Crippen LogP contribution in [0.15, 0.2) is 35.3 Å². The maximum atomic E-state index is 12.2. The summed E-state index contributed by atoms with van der Waals surface area (Å²) in [7, 11) is 3.13. The van der Waals surface area contributed by atoms with E-state index >= 15 is 0 Å². The fourth-order valence-corrected chi connectivity index (χ4v) is 1.94. The molecule has 0 fully saturated rings. The number of aliphatic imine (C=N–C) groups is 1. The monoisotopic (exact) mass is 444 g/mol. The van der Waals surface area contributed by atoms with Gasteiger partial charge >= 0.3 is 6.18 Å². The molecule has 0 saturated heterocycles. The fraction of sp³-hybridized carbons (Fsp3) is 0.533. The van der Waals surface area contributed by atoms with Crippen molar-refractivity contribution in [2.45, 2.75) is 19.1 Å². The van der Waals surface area contributed by atoms with Crippen LogP contribution in [0.5, 0.6) is 0 Å². The fourth-order valence-electron chi connectivity index (χ4n) is 1.94. The second kappa shape index (κ2) is 11.5. The van der Waals surface area contributed by atoms with Gasteiger partial charge in [-0.2, -0.15) is 13.2 Å². The molecule has 0 bridgehead atoms. The Balaban J connectivity index is 0.00000484. The average Bonchev–Trinajstić information content (AvgIpc) is 2.46. The second-order valence-corrected chi connectivity index (χ2v) is 5.04. The Morgan fingerprint density at radius 1 is 1.17 bits per heavy atom. The number of nitrogens with one attached hydrogen (secondary N) is 2. The van der Waals surface area contributed by atoms with Gasteiger partial charge in [0.1, 0.15) is 0 Å². The third-order valence-electron chi connectivity index (χ3n) is 2.98. The lowest BCUT2D eigenvalue weighted by atomic mass is 10.2. The number of guanidine groups is 1. The zero-order valence-corrected chi connectivity index (χ0v) is 15.7. The molecule has 0 aliphatic rings. The third-order valence-corrected chi connectivity index (χ3v) is 2.98. The number of rotatable bonds is 7. The molecule has 0 aliphatic heterocycles. The quantitative estimate of drug-likeness (QED) is 0.294. The summed E-state index contributed by atoms with van der Waals surface area (Å²) in [6, 6.07) is 9.89. The van der Waals surface area contributed by atoms with Crippen molar-refractivity contribution in [2.24, 2.45) is 4.99 Å². The number of benzene rings is 1. The predicted molar refractivity (Wildman–Crippen MR) is 98.2 cm³/mol. The first-order valence-electron chi connectivity index (χ1n) is 7.14. The van der Waals surface area contributed by atoms with Crippen LogP contribution >= 0.6 is 24.0 Å². The van der Waals surface area contributed by atoms with Gasteiger partial charge in [-0.05, 0) is 25.6 Å². The van der Waals surface area contributed by atoms with Crippen LogP contribution in [-0.4, -0.2) is 50.8 Å². The number of alkyl halides is 3. The molecule has 4 nitrogen and oxygen atoms in total. The van der Waals surface area contributed by atoms with E-state index in [0.29, 0.717) is 32.0 Å². The minimum Gasteiger partial charge on any atom is -0.356 e. The molecule has 1 aromatic carbocycles. The molecule has 23 heavy (non-hydrogen) atoms. The Morgan fingerprint density at radius 3 is 2.39 bits per heavy atom. The Labute approximate surface area is 152 Å². The Bertz CT molecular complexity index is 452. The molecule has 1 rings (SSSR count). The van der Waals surface area contributed by atoms with E-state index in [-0.39, 0.29) is 24.0 Å². The Kier molecular flexibility index (Phi) is 11.0. The molecule has 0 aliphatic carbocycles. The van der Waals surface area contributed by atoms with Crippen LogP contribution < -0.4 is 10.6 Å². The van der Waals surface area contributed by atoms with Crippen molar-refractivity contribution in [3.8, 4) is 0 Å². The van der Waals surface area contributed by atoms with Gasteiger partial charge in [-0.1, -0.05) is 30.3 Å². The van der Waals surface area contributed by atoms with E-state index in [1.54, 1.807) is 7.05 Å². The molecule has 0 heterocycles. The normalized spacial score (nSPS) is 12.0. The summed E-state index contributed by atoms with van der Waals surface area (Å²) in [6.45, 7) is 0.710. The van der Waals surface area contributed by atoms with Crippen LogP contribution in [0.2, 0.25) is 0 Å². The molecular weight excluding hydrogens is 420 g/mol. The predicted octanol–water partition coefficient (Wildman–Crippen LogP) is 2.85. The highest BCUT2D eigenvalue weighted by atomic mass is 127. The summed E-state index contributed by atoms with van der Waals surface area (Å²) >= 11 is 0. The van der Waals surface area contributed by atoms with Gasteiger partial charge in [-0.25, -0.2) is 0 Å². The lowest BCUT2D eigenvalue weighted by molar-refractivity contribution is -0.143. The summed E-state index contributed by atoms with van der Waals surface area (Å²) in [4.78, 5) is 5.35. The molecule has 0 amide bonds. The second-order valence-electron chi connectivity index (χ2n) is 5.04. The van der Waals surface area contributed by atoms with Crippen LogP contribution in [0.1, 0.15) is 12.0 Å². The molecule has 0 saturated carbocycles. The van der Waals surface area contributed by atoms with Gasteiger partial charge in [0.2, 0.25) is 0 Å². The number of hydrogen-bond acceptors (Lipinski definition) is 2. The molecule has 132 valence electrons. The van der Waals surface area contributed by atoms with Gasteiger partial charge in [0, 0.05) is 20.1 Å². The van der Waals surface area contributed by atoms with Crippen molar-refractivity contribution in [3.05, 3.63) is 35.9 Å². The van der Waals surface area contributed by atoms with Crippen LogP contribution in [0, 0.1) is 0 Å². The van der Waals surface area contributed by atoms with E-state index in [9.17, 15) is 13.2 Å². The highest BCUT2D eigenvalue weighted by Crippen LogP contribution is 2.15. The molecule has 0 atom stereocenters. The highest BCUT2D eigenvalue weighted by molar-refractivity contribution is 14.0. The van der Waals surface area contributed by atoms with Gasteiger partial charge < -0.3 is 10.6 Å². The van der Waals surface area contributed by atoms with Crippen LogP contribution in [-0.2, 0) is 6.54 Å². The largest absolute Gasteiger partial charge is 0.401 e. The maximum Gasteiger partial charge on any atom is 0.401 e. The minimum atomic E-state index is -4.14. The summed E-state index contributed by atoms with van der Waals surface area (Å²) in [5, 5.41) is 6.25. The van der Waals surface area contributed by atoms with Gasteiger partial charge in [0.05, 0.1) is 6.54 Å². The molecule has 8 heteroatoms. The first-order valence-corrected chi connectivity index (χ1v) is 7.14. The lowest BCUT2D eigenvalue weighted by Crippen LogP contribution is -2.39. The van der Waals surface area contributed by atoms with Crippen molar-refractivity contribution >= 4 is 29.9 Å². The van der Waals surface area contributed by atoms with Gasteiger partial charge in [-0.15, -0.1) is 24.0 Å². The molecule has 0 radical (unpaired) electrons. The summed E-state index contributed by atoms with van der Waals surface area (Å²) in [6.07, 6.45) is -3.53. The Hall–Kier alpha value is -1.03. The first-order chi connectivity index (χ1) is 10.4. The molecule has 0 unspecified atom stereocenters. The summed E-state index contributed by atoms with van der Waals surface area (Å²) in [5.74, 6) is 0.641. The SMILES string of the molecule is CN=C(NCCCN(C)CC(F)(F)F)NCc1ccccc1.I. The first kappa shape index (κ1) is 22.0. The van der Waals surface area contributed by atoms with Crippen molar-refractivity contribution in [1.82, 2.24) is 15.5 Å². The third kappa shape index (κ3) is 11.2. The van der Waals surface area contributed by atoms with E-state index in [4.69, 9.17) is 0 Å². The zero-order valence-electron chi connectivity index (χ0n) is 13.4. The lowest BCUT2D eigenvalue weighted by Gasteiger charge is -2.19. The zero-order chi connectivity index (χ0) is 16.4. The van der Waals surface area contributed by atoms with Crippen LogP contribution in [0.4, 0.5) is 13.2 Å². The summed E-state index contributed by atoms with van der Waals surface area (Å²) < 4.78 is 36.5. The number of halogens is 4. The Morgan fingerprint density at radius 2 is 1.83 bits per heavy atom. The van der Waals surface area contributed by atoms with Gasteiger partial charge in [0.25, 0.3) is 0 Å². The molecule has 1 aromatic rings. The van der Waals surface area contributed by atoms with E-state index in [2.05, 4.69) is 15.6 Å². The van der Waals surface area contributed by atoms with Crippen LogP contribution in [0.25, 0.3) is 0 Å². The van der Waals surface area contributed by atoms with E-state index < -0.39 is 12.7 Å². The van der Waals surface area contributed by atoms with Gasteiger partial charge in [-0.3, -0.25) is 9.89 Å². The smallest absolute Gasteiger partial charge is 0.356 e. The minimum absolute atomic E-state index is 0. The van der Waals surface area contributed by atoms with E-state index in [0.717, 1.165) is 5.56 Å². The van der Waals surface area contributed by atoms with Crippen molar-refractivity contribution in [3.63, 3.8) is 0 Å². The number of nitrogens with zero attached hydrogens (tertiary/aromatic N) is 2. The molecular formula is C15H24F3IN4. The van der Waals surface area contributed by atoms with Crippen LogP contribution in [0.3, 0.4) is 0 Å². The molecule has 2 N–H and O–H groups in total. The van der Waals surface area contributed by atoms with Crippen molar-refractivity contribution < 1.29 is 13.2 Å². The maximum absolute atomic E-state index is 12.2. The van der Waals surface area contributed by atoms with E-state index in [1.165, 1.54) is 11.9 Å².